The molecule has 76 valence electrons. The lowest BCUT2D eigenvalue weighted by molar-refractivity contribution is 0.0600. The Bertz CT molecular complexity index is 342. The molecule has 0 aromatic heterocycles. The van der Waals surface area contributed by atoms with E-state index >= 15 is 0 Å². The second-order valence-electron chi connectivity index (χ2n) is 2.46. The van der Waals surface area contributed by atoms with Gasteiger partial charge in [-0.05, 0) is 12.1 Å². The number of ether oxygens (including phenoxy) is 2. The summed E-state index contributed by atoms with van der Waals surface area (Å²) in [6.45, 7) is 0. The van der Waals surface area contributed by atoms with Crippen molar-refractivity contribution < 1.29 is 18.7 Å². The monoisotopic (exact) mass is 218 g/mol. The average molecular weight is 219 g/mol. The first-order valence-corrected chi connectivity index (χ1v) is 4.09. The fourth-order valence-electron chi connectivity index (χ4n) is 0.991. The first kappa shape index (κ1) is 10.8. The zero-order chi connectivity index (χ0) is 10.7. The standard InChI is InChI=1S/C9H8ClFO3/c1-13-8-6(10)3-5(4-7(8)11)9(12)14-2/h3-4H,1-2H3. The van der Waals surface area contributed by atoms with Gasteiger partial charge in [-0.2, -0.15) is 0 Å². The number of halogens is 2. The highest BCUT2D eigenvalue weighted by Gasteiger charge is 2.14. The first-order valence-electron chi connectivity index (χ1n) is 3.71. The fraction of sp³-hybridized carbons (Fsp3) is 0.222. The molecule has 0 N–H and O–H groups in total. The smallest absolute Gasteiger partial charge is 0.338 e. The summed E-state index contributed by atoms with van der Waals surface area (Å²) in [6, 6.07) is 2.30. The molecule has 0 aliphatic rings. The van der Waals surface area contributed by atoms with Gasteiger partial charge >= 0.3 is 5.97 Å². The van der Waals surface area contributed by atoms with Crippen LogP contribution >= 0.6 is 11.6 Å². The minimum Gasteiger partial charge on any atom is -0.492 e. The van der Waals surface area contributed by atoms with Crippen LogP contribution in [0.15, 0.2) is 12.1 Å². The molecule has 0 aliphatic heterocycles. The lowest BCUT2D eigenvalue weighted by atomic mass is 10.2. The van der Waals surface area contributed by atoms with Crippen LogP contribution in [-0.2, 0) is 4.74 Å². The summed E-state index contributed by atoms with van der Waals surface area (Å²) < 4.78 is 22.3. The molecule has 0 saturated carbocycles. The van der Waals surface area contributed by atoms with Crippen LogP contribution in [0.5, 0.6) is 5.75 Å². The number of methoxy groups -OCH3 is 2. The lowest BCUT2D eigenvalue weighted by Gasteiger charge is -2.06. The number of rotatable bonds is 2. The summed E-state index contributed by atoms with van der Waals surface area (Å²) in [7, 11) is 2.50. The van der Waals surface area contributed by atoms with Gasteiger partial charge in [0, 0.05) is 0 Å². The predicted molar refractivity (Wildman–Crippen MR) is 49.3 cm³/mol. The van der Waals surface area contributed by atoms with E-state index < -0.39 is 11.8 Å². The van der Waals surface area contributed by atoms with Crippen LogP contribution in [0.3, 0.4) is 0 Å². The van der Waals surface area contributed by atoms with E-state index in [1.807, 2.05) is 0 Å². The van der Waals surface area contributed by atoms with Crippen molar-refractivity contribution in [3.05, 3.63) is 28.5 Å². The Kier molecular flexibility index (Phi) is 3.30. The van der Waals surface area contributed by atoms with Gasteiger partial charge in [0.15, 0.2) is 11.6 Å². The van der Waals surface area contributed by atoms with Crippen LogP contribution in [0.1, 0.15) is 10.4 Å². The van der Waals surface area contributed by atoms with Crippen LogP contribution in [0.25, 0.3) is 0 Å². The van der Waals surface area contributed by atoms with Crippen molar-refractivity contribution in [1.29, 1.82) is 0 Å². The van der Waals surface area contributed by atoms with Gasteiger partial charge in [0.25, 0.3) is 0 Å². The van der Waals surface area contributed by atoms with Crippen molar-refractivity contribution in [1.82, 2.24) is 0 Å². The number of carbonyl (C=O) groups is 1. The van der Waals surface area contributed by atoms with Crippen molar-refractivity contribution in [2.45, 2.75) is 0 Å². The topological polar surface area (TPSA) is 35.5 Å². The minimum atomic E-state index is -0.694. The maximum Gasteiger partial charge on any atom is 0.338 e. The maximum absolute atomic E-state index is 13.2. The summed E-state index contributed by atoms with van der Waals surface area (Å²) in [5, 5.41) is 0.0351. The predicted octanol–water partition coefficient (Wildman–Crippen LogP) is 2.27. The molecular weight excluding hydrogens is 211 g/mol. The van der Waals surface area contributed by atoms with Gasteiger partial charge in [-0.3, -0.25) is 0 Å². The molecule has 1 aromatic carbocycles. The van der Waals surface area contributed by atoms with E-state index in [0.717, 1.165) is 6.07 Å². The van der Waals surface area contributed by atoms with Crippen LogP contribution in [0.4, 0.5) is 4.39 Å². The van der Waals surface area contributed by atoms with E-state index in [1.165, 1.54) is 20.3 Å². The molecule has 1 aromatic rings. The number of esters is 1. The zero-order valence-electron chi connectivity index (χ0n) is 7.64. The lowest BCUT2D eigenvalue weighted by Crippen LogP contribution is -2.02. The van der Waals surface area contributed by atoms with Crippen molar-refractivity contribution in [2.75, 3.05) is 14.2 Å². The third-order valence-corrected chi connectivity index (χ3v) is 1.90. The van der Waals surface area contributed by atoms with E-state index in [4.69, 9.17) is 11.6 Å². The van der Waals surface area contributed by atoms with E-state index in [2.05, 4.69) is 9.47 Å². The van der Waals surface area contributed by atoms with Crippen molar-refractivity contribution in [3.63, 3.8) is 0 Å². The van der Waals surface area contributed by atoms with Crippen molar-refractivity contribution in [2.24, 2.45) is 0 Å². The summed E-state index contributed by atoms with van der Waals surface area (Å²) in [6.07, 6.45) is 0. The maximum atomic E-state index is 13.2. The molecule has 0 atom stereocenters. The van der Waals surface area contributed by atoms with Gasteiger partial charge in [-0.1, -0.05) is 11.6 Å². The van der Waals surface area contributed by atoms with Crippen LogP contribution in [0.2, 0.25) is 5.02 Å². The second kappa shape index (κ2) is 4.28. The Morgan fingerprint density at radius 1 is 1.43 bits per heavy atom. The largest absolute Gasteiger partial charge is 0.492 e. The number of benzene rings is 1. The number of carbonyl (C=O) groups excluding carboxylic acids is 1. The highest BCUT2D eigenvalue weighted by Crippen LogP contribution is 2.28. The van der Waals surface area contributed by atoms with Crippen LogP contribution in [-0.4, -0.2) is 20.2 Å². The molecule has 5 heteroatoms. The summed E-state index contributed by atoms with van der Waals surface area (Å²) in [5.74, 6) is -1.42. The molecular formula is C9H8ClFO3. The van der Waals surface area contributed by atoms with Crippen LogP contribution in [0, 0.1) is 5.82 Å². The highest BCUT2D eigenvalue weighted by molar-refractivity contribution is 6.32. The molecule has 0 unspecified atom stereocenters. The molecule has 0 fully saturated rings. The normalized spacial score (nSPS) is 9.71. The van der Waals surface area contributed by atoms with Gasteiger partial charge in [0.2, 0.25) is 0 Å². The molecule has 0 saturated heterocycles. The van der Waals surface area contributed by atoms with Gasteiger partial charge in [-0.25, -0.2) is 9.18 Å². The second-order valence-corrected chi connectivity index (χ2v) is 2.87. The quantitative estimate of drug-likeness (QED) is 0.715. The average Bonchev–Trinajstić information content (AvgIpc) is 2.16. The van der Waals surface area contributed by atoms with Crippen molar-refractivity contribution >= 4 is 17.6 Å². The third-order valence-electron chi connectivity index (χ3n) is 1.62. The molecule has 0 bridgehead atoms. The Balaban J connectivity index is 3.20. The molecule has 14 heavy (non-hydrogen) atoms. The third kappa shape index (κ3) is 1.96. The molecule has 0 amide bonds. The van der Waals surface area contributed by atoms with Gasteiger partial charge in [0.1, 0.15) is 0 Å². The highest BCUT2D eigenvalue weighted by atomic mass is 35.5. The summed E-state index contributed by atoms with van der Waals surface area (Å²) >= 11 is 5.66. The molecule has 1 rings (SSSR count). The minimum absolute atomic E-state index is 0.0351. The van der Waals surface area contributed by atoms with Crippen molar-refractivity contribution in [3.8, 4) is 5.75 Å². The van der Waals surface area contributed by atoms with E-state index in [9.17, 15) is 9.18 Å². The summed E-state index contributed by atoms with van der Waals surface area (Å²) in [5.41, 5.74) is 0.0517. The Morgan fingerprint density at radius 3 is 2.50 bits per heavy atom. The van der Waals surface area contributed by atoms with E-state index in [-0.39, 0.29) is 16.3 Å². The molecule has 0 heterocycles. The Hall–Kier alpha value is -1.29. The Labute approximate surface area is 85.4 Å². The zero-order valence-corrected chi connectivity index (χ0v) is 8.39. The molecule has 3 nitrogen and oxygen atoms in total. The number of hydrogen-bond acceptors (Lipinski definition) is 3. The molecule has 0 aliphatic carbocycles. The van der Waals surface area contributed by atoms with Gasteiger partial charge in [0.05, 0.1) is 24.8 Å². The SMILES string of the molecule is COC(=O)c1cc(F)c(OC)c(Cl)c1. The molecule has 0 radical (unpaired) electrons. The first-order chi connectivity index (χ1) is 6.60. The fourth-order valence-corrected chi connectivity index (χ4v) is 1.28. The van der Waals surface area contributed by atoms with E-state index in [1.54, 1.807) is 0 Å². The molecule has 0 spiro atoms. The van der Waals surface area contributed by atoms with Gasteiger partial charge < -0.3 is 9.47 Å². The Morgan fingerprint density at radius 2 is 2.07 bits per heavy atom. The number of hydrogen-bond donors (Lipinski definition) is 0. The summed E-state index contributed by atoms with van der Waals surface area (Å²) in [4.78, 5) is 11.0. The van der Waals surface area contributed by atoms with Crippen LogP contribution < -0.4 is 4.74 Å². The van der Waals surface area contributed by atoms with Gasteiger partial charge in [-0.15, -0.1) is 0 Å². The van der Waals surface area contributed by atoms with E-state index in [0.29, 0.717) is 0 Å².